The van der Waals surface area contributed by atoms with Crippen molar-refractivity contribution < 1.29 is 26.4 Å². The first kappa shape index (κ1) is 46.6. The summed E-state index contributed by atoms with van der Waals surface area (Å²) in [5.41, 5.74) is 16.2. The summed E-state index contributed by atoms with van der Waals surface area (Å²) in [5.74, 6) is -0.794. The normalized spacial score (nSPS) is 11.4. The molecule has 1 aromatic carbocycles. The molecule has 0 fully saturated rings. The Morgan fingerprint density at radius 1 is 0.629 bits per heavy atom. The van der Waals surface area contributed by atoms with Crippen LogP contribution in [0, 0.1) is 48.5 Å². The zero-order valence-corrected chi connectivity index (χ0v) is 37.7. The van der Waals surface area contributed by atoms with E-state index in [4.69, 9.17) is 11.5 Å². The number of carbonyl (C=O) groups excluding carboxylic acids is 2. The smallest absolute Gasteiger partial charge is 0.275 e. The number of carbonyl (C=O) groups is 2. The molecule has 6 aromatic rings. The van der Waals surface area contributed by atoms with Gasteiger partial charge >= 0.3 is 0 Å². The van der Waals surface area contributed by atoms with Crippen molar-refractivity contribution in [2.45, 2.75) is 93.5 Å². The number of aryl methyl sites for hydroxylation is 7. The fraction of sp³-hybridized carbons (Fsp3) is 0.256. The number of hydrogen-bond donors (Lipinski definition) is 4. The number of nitrogens with zero attached hydrogens (tertiary/aromatic N) is 4. The zero-order valence-electron chi connectivity index (χ0n) is 35.3. The maximum absolute atomic E-state index is 13.0. The van der Waals surface area contributed by atoms with Crippen molar-refractivity contribution in [3.63, 3.8) is 0 Å². The summed E-state index contributed by atoms with van der Waals surface area (Å²) in [6.07, 6.45) is 0. The van der Waals surface area contributed by atoms with Crippen LogP contribution in [0.2, 0.25) is 0 Å². The number of nitrogens with one attached hydrogen (secondary N) is 2. The monoisotopic (exact) mass is 900 g/mol. The van der Waals surface area contributed by atoms with E-state index in [1.165, 1.54) is 39.5 Å². The predicted octanol–water partition coefficient (Wildman–Crippen LogP) is 4.17. The van der Waals surface area contributed by atoms with Gasteiger partial charge in [-0.05, 0) is 107 Å². The van der Waals surface area contributed by atoms with Gasteiger partial charge in [0.25, 0.3) is 11.1 Å². The van der Waals surface area contributed by atoms with Crippen LogP contribution in [-0.4, -0.2) is 47.8 Å². The van der Waals surface area contributed by atoms with Crippen LogP contribution in [0.1, 0.15) is 50.9 Å². The molecule has 5 heterocycles. The summed E-state index contributed by atoms with van der Waals surface area (Å²) < 4.78 is 54.0. The van der Waals surface area contributed by atoms with Gasteiger partial charge in [0.2, 0.25) is 31.5 Å². The lowest BCUT2D eigenvalue weighted by atomic mass is 10.2. The van der Waals surface area contributed by atoms with E-state index in [0.717, 1.165) is 50.8 Å². The number of rotatable bonds is 12. The molecule has 62 heavy (non-hydrogen) atoms. The number of nitrogens with two attached hydrogens (primary N) is 2. The number of sulfone groups is 2. The summed E-state index contributed by atoms with van der Waals surface area (Å²) in [4.78, 5) is 58.7. The quantitative estimate of drug-likeness (QED) is 0.135. The molecule has 0 saturated carbocycles. The van der Waals surface area contributed by atoms with Gasteiger partial charge in [0.05, 0.1) is 4.90 Å². The van der Waals surface area contributed by atoms with E-state index in [-0.39, 0.29) is 45.1 Å². The molecule has 0 bridgehead atoms. The van der Waals surface area contributed by atoms with E-state index in [9.17, 15) is 36.0 Å². The van der Waals surface area contributed by atoms with Crippen LogP contribution < -0.4 is 33.2 Å². The molecule has 6 rings (SSSR count). The molecule has 0 aliphatic heterocycles. The van der Waals surface area contributed by atoms with Crippen LogP contribution in [0.4, 0.5) is 11.4 Å². The SMILES string of the molecule is Cc1ccc(CNC(=O)Cn2c(C)cc(S(=O)(=O)c3cccs3)c(N)c2=O)c(C)n1.Cc1ccc(S(=O)(=O)c2cc(C)n(CC(=O)NCc3ccc(C)nc3C)c(=O)c2N)cc1. The summed E-state index contributed by atoms with van der Waals surface area (Å²) in [5, 5.41) is 7.14. The highest BCUT2D eigenvalue weighted by atomic mass is 32.2. The Kier molecular flexibility index (Phi) is 14.4. The summed E-state index contributed by atoms with van der Waals surface area (Å²) in [6, 6.07) is 19.5. The summed E-state index contributed by atoms with van der Waals surface area (Å²) in [7, 11) is -7.88. The largest absolute Gasteiger partial charge is 0.393 e. The van der Waals surface area contributed by atoms with Crippen molar-refractivity contribution in [2.24, 2.45) is 0 Å². The standard InChI is InChI=1S/C23H26N4O4S.C20H22N4O4S2/c1-14-5-9-19(10-6-14)32(30,31)20-11-16(3)27(23(29)22(20)24)13-21(28)25-12-18-8-7-15(2)26-17(18)4;1-12-6-7-15(14(3)23-12)10-22-17(25)11-24-13(2)9-16(19(21)20(24)26)30(27,28)18-5-4-8-29-18/h5-11H,12-13,24H2,1-4H3,(H,25,28);4-9H,10-11,21H2,1-3H3,(H,22,25). The van der Waals surface area contributed by atoms with Crippen LogP contribution in [0.3, 0.4) is 0 Å². The van der Waals surface area contributed by atoms with Crippen molar-refractivity contribution in [3.05, 3.63) is 150 Å². The van der Waals surface area contributed by atoms with Crippen LogP contribution in [0.15, 0.2) is 107 Å². The average molecular weight is 901 g/mol. The first-order valence-electron chi connectivity index (χ1n) is 19.1. The molecule has 16 nitrogen and oxygen atoms in total. The molecule has 0 radical (unpaired) electrons. The van der Waals surface area contributed by atoms with Gasteiger partial charge in [-0.25, -0.2) is 16.8 Å². The molecule has 0 atom stereocenters. The van der Waals surface area contributed by atoms with Crippen molar-refractivity contribution in [2.75, 3.05) is 11.5 Å². The Bertz CT molecular complexity index is 3020. The predicted molar refractivity (Wildman–Crippen MR) is 237 cm³/mol. The highest BCUT2D eigenvalue weighted by Crippen LogP contribution is 2.28. The maximum atomic E-state index is 13.0. The third-order valence-electron chi connectivity index (χ3n) is 9.91. The number of hydrogen-bond acceptors (Lipinski definition) is 13. The number of aromatic nitrogens is 4. The molecule has 0 saturated heterocycles. The van der Waals surface area contributed by atoms with Gasteiger partial charge in [-0.2, -0.15) is 0 Å². The first-order chi connectivity index (χ1) is 29.1. The molecule has 0 spiro atoms. The van der Waals surface area contributed by atoms with Gasteiger partial charge in [0, 0.05) is 47.3 Å². The lowest BCUT2D eigenvalue weighted by Crippen LogP contribution is -2.35. The molecule has 326 valence electrons. The first-order valence-corrected chi connectivity index (χ1v) is 23.0. The van der Waals surface area contributed by atoms with Gasteiger partial charge in [-0.3, -0.25) is 29.1 Å². The van der Waals surface area contributed by atoms with Crippen molar-refractivity contribution in [1.82, 2.24) is 29.7 Å². The van der Waals surface area contributed by atoms with E-state index >= 15 is 0 Å². The second-order valence-corrected chi connectivity index (χ2v) is 19.6. The third-order valence-corrected chi connectivity index (χ3v) is 14.9. The van der Waals surface area contributed by atoms with Crippen LogP contribution in [0.25, 0.3) is 0 Å². The lowest BCUT2D eigenvalue weighted by Gasteiger charge is -2.15. The average Bonchev–Trinajstić information content (AvgIpc) is 3.77. The highest BCUT2D eigenvalue weighted by Gasteiger charge is 2.27. The Hall–Kier alpha value is -6.44. The van der Waals surface area contributed by atoms with Crippen LogP contribution in [0.5, 0.6) is 0 Å². The van der Waals surface area contributed by atoms with Crippen LogP contribution in [-0.2, 0) is 55.4 Å². The number of nitrogen functional groups attached to an aromatic ring is 2. The number of amides is 2. The molecule has 5 aromatic heterocycles. The number of pyridine rings is 4. The Balaban J connectivity index is 0.000000235. The minimum absolute atomic E-state index is 0.0474. The van der Waals surface area contributed by atoms with Crippen molar-refractivity contribution >= 4 is 54.2 Å². The minimum Gasteiger partial charge on any atom is -0.393 e. The topological polar surface area (TPSA) is 248 Å². The number of benzene rings is 1. The van der Waals surface area contributed by atoms with Crippen LogP contribution >= 0.6 is 11.3 Å². The van der Waals surface area contributed by atoms with Gasteiger partial charge in [0.1, 0.15) is 38.5 Å². The number of anilines is 2. The van der Waals surface area contributed by atoms with Crippen molar-refractivity contribution in [1.29, 1.82) is 0 Å². The molecule has 6 N–H and O–H groups in total. The minimum atomic E-state index is -3.98. The van der Waals surface area contributed by atoms with E-state index in [1.807, 2.05) is 58.9 Å². The van der Waals surface area contributed by atoms with Gasteiger partial charge in [-0.1, -0.05) is 35.9 Å². The summed E-state index contributed by atoms with van der Waals surface area (Å²) in [6.45, 7) is 12.4. The van der Waals surface area contributed by atoms with Gasteiger partial charge in [-0.15, -0.1) is 11.3 Å². The van der Waals surface area contributed by atoms with Gasteiger partial charge in [0.15, 0.2) is 0 Å². The van der Waals surface area contributed by atoms with E-state index in [1.54, 1.807) is 37.4 Å². The van der Waals surface area contributed by atoms with E-state index in [2.05, 4.69) is 20.6 Å². The highest BCUT2D eigenvalue weighted by molar-refractivity contribution is 7.93. The second-order valence-electron chi connectivity index (χ2n) is 14.6. The van der Waals surface area contributed by atoms with Crippen molar-refractivity contribution in [3.8, 4) is 0 Å². The fourth-order valence-electron chi connectivity index (χ4n) is 6.31. The fourth-order valence-corrected chi connectivity index (χ4v) is 10.3. The molecule has 2 amide bonds. The van der Waals surface area contributed by atoms with E-state index in [0.29, 0.717) is 11.4 Å². The third kappa shape index (κ3) is 10.5. The molecule has 19 heteroatoms. The molecule has 0 aliphatic rings. The zero-order chi connectivity index (χ0) is 45.7. The Labute approximate surface area is 363 Å². The Morgan fingerprint density at radius 2 is 1.06 bits per heavy atom. The molecular weight excluding hydrogens is 853 g/mol. The van der Waals surface area contributed by atoms with Gasteiger partial charge < -0.3 is 31.2 Å². The molecule has 0 unspecified atom stereocenters. The molecule has 0 aliphatic carbocycles. The van der Waals surface area contributed by atoms with E-state index < -0.39 is 54.0 Å². The number of thiophene rings is 1. The maximum Gasteiger partial charge on any atom is 0.275 e. The molecular formula is C43H48N8O8S3. The lowest BCUT2D eigenvalue weighted by molar-refractivity contribution is -0.122. The Morgan fingerprint density at radius 3 is 1.47 bits per heavy atom. The second kappa shape index (κ2) is 19.1. The summed E-state index contributed by atoms with van der Waals surface area (Å²) >= 11 is 1.04.